The first-order valence-electron chi connectivity index (χ1n) is 0.896. The lowest BCUT2D eigenvalue weighted by Gasteiger charge is -1.63. The Morgan fingerprint density at radius 3 is 1.60 bits per heavy atom. The Labute approximate surface area is 30.5 Å². The Hall–Kier alpha value is -0.0551. The molecular weight excluding hydrogens is 93.9 g/mol. The maximum atomic E-state index is 10.7. The molecule has 0 aliphatic carbocycles. The van der Waals surface area contributed by atoms with Gasteiger partial charge in [0.2, 0.25) is 10.1 Å². The van der Waals surface area contributed by atoms with Crippen molar-refractivity contribution >= 4 is 17.2 Å². The van der Waals surface area contributed by atoms with Gasteiger partial charge in [0.1, 0.15) is 0 Å². The second kappa shape index (κ2) is 0.968. The van der Waals surface area contributed by atoms with Crippen LogP contribution in [-0.2, 0) is 10.1 Å². The highest BCUT2D eigenvalue weighted by molar-refractivity contribution is 8.08. The Balaban J connectivity index is 4.06. The van der Waals surface area contributed by atoms with Crippen LogP contribution in [0.3, 0.4) is 0 Å². The second-order valence-electron chi connectivity index (χ2n) is 0.682. The van der Waals surface area contributed by atoms with Gasteiger partial charge in [0.15, 0.2) is 0 Å². The molecule has 0 radical (unpaired) electrons. The van der Waals surface area contributed by atoms with Gasteiger partial charge < -0.3 is 0 Å². The molecule has 0 spiro atoms. The fraction of sp³-hybridized carbons (Fsp3) is 0. The number of hydrogen-bond donors (Lipinski definition) is 0. The molecule has 2 nitrogen and oxygen atoms in total. The van der Waals surface area contributed by atoms with Gasteiger partial charge in [0.25, 0.3) is 7.12 Å². The van der Waals surface area contributed by atoms with Crippen LogP contribution in [0.1, 0.15) is 0 Å². The van der Waals surface area contributed by atoms with Crippen molar-refractivity contribution in [1.82, 2.24) is 0 Å². The number of halogens is 1. The third kappa shape index (κ3) is 4920. The quantitative estimate of drug-likeness (QED) is 0.281. The molecule has 5 heteroatoms. The Morgan fingerprint density at radius 1 is 1.60 bits per heavy atom. The van der Waals surface area contributed by atoms with Crippen LogP contribution in [-0.4, -0.2) is 15.5 Å². The molecule has 0 aromatic heterocycles. The Kier molecular flexibility index (Phi) is 0.957. The largest absolute Gasteiger partial charge is 0.297 e. The van der Waals surface area contributed by atoms with Crippen LogP contribution < -0.4 is 0 Å². The minimum absolute atomic E-state index is 0.493. The topological polar surface area (TPSA) is 34.1 Å². The molecule has 0 aliphatic heterocycles. The lowest BCUT2D eigenvalue weighted by Crippen LogP contribution is -1.82. The zero-order valence-electron chi connectivity index (χ0n) is 2.60. The van der Waals surface area contributed by atoms with Gasteiger partial charge in [-0.15, -0.1) is 3.89 Å². The third-order valence-corrected chi connectivity index (χ3v) is 0. The molecule has 0 amide bonds. The highest BCUT2D eigenvalue weighted by Gasteiger charge is 1.87. The van der Waals surface area contributed by atoms with Crippen molar-refractivity contribution in [3.05, 3.63) is 0 Å². The standard InChI is InChI=1S/BFH2O2S/c1-5(2,3)4/h1H2. The van der Waals surface area contributed by atoms with E-state index in [1.807, 2.05) is 0 Å². The van der Waals surface area contributed by atoms with Crippen LogP contribution in [0.5, 0.6) is 0 Å². The molecule has 0 fully saturated rings. The third-order valence-electron chi connectivity index (χ3n) is 0. The predicted octanol–water partition coefficient (Wildman–Crippen LogP) is -1.17. The molecule has 0 aromatic rings. The molecule has 0 atom stereocenters. The van der Waals surface area contributed by atoms with E-state index in [1.165, 1.54) is 0 Å². The lowest BCUT2D eigenvalue weighted by molar-refractivity contribution is 0.569. The van der Waals surface area contributed by atoms with Crippen molar-refractivity contribution in [3.63, 3.8) is 0 Å². The Bertz CT molecular complexity index is 92.8. The summed E-state index contributed by atoms with van der Waals surface area (Å²) in [5, 5.41) is 0. The fourth-order valence-electron chi connectivity index (χ4n) is 0. The van der Waals surface area contributed by atoms with Crippen molar-refractivity contribution in [1.29, 1.82) is 0 Å². The normalized spacial score (nSPS) is 11.4. The van der Waals surface area contributed by atoms with Crippen molar-refractivity contribution < 1.29 is 12.3 Å². The van der Waals surface area contributed by atoms with Gasteiger partial charge in [-0.25, -0.2) is 8.42 Å². The van der Waals surface area contributed by atoms with Crippen molar-refractivity contribution in [2.75, 3.05) is 0 Å². The first-order chi connectivity index (χ1) is 2.00. The zero-order chi connectivity index (χ0) is 4.50. The summed E-state index contributed by atoms with van der Waals surface area (Å²) in [6, 6.07) is 0. The SMILES string of the molecule is BS(=O)(=O)F. The monoisotopic (exact) mass is 96.0 g/mol. The van der Waals surface area contributed by atoms with Gasteiger partial charge in [-0.05, 0) is 0 Å². The van der Waals surface area contributed by atoms with Crippen LogP contribution in [0.4, 0.5) is 3.89 Å². The molecule has 0 aliphatic rings. The summed E-state index contributed by atoms with van der Waals surface area (Å²) in [5.41, 5.74) is 0. The minimum atomic E-state index is -4.17. The van der Waals surface area contributed by atoms with E-state index < -0.39 is 10.1 Å². The van der Waals surface area contributed by atoms with E-state index in [1.54, 1.807) is 0 Å². The number of hydrogen-bond acceptors (Lipinski definition) is 2. The van der Waals surface area contributed by atoms with Crippen LogP contribution in [0.15, 0.2) is 0 Å². The van der Waals surface area contributed by atoms with Gasteiger partial charge >= 0.3 is 0 Å². The maximum absolute atomic E-state index is 10.7. The summed E-state index contributed by atoms with van der Waals surface area (Å²) in [6.07, 6.45) is 0. The first kappa shape index (κ1) is 4.94. The molecule has 30 valence electrons. The molecule has 0 rings (SSSR count). The van der Waals surface area contributed by atoms with E-state index in [2.05, 4.69) is 0 Å². The van der Waals surface area contributed by atoms with Gasteiger partial charge in [-0.2, -0.15) is 0 Å². The van der Waals surface area contributed by atoms with E-state index >= 15 is 0 Å². The molecule has 0 bridgehead atoms. The van der Waals surface area contributed by atoms with Crippen LogP contribution >= 0.6 is 0 Å². The summed E-state index contributed by atoms with van der Waals surface area (Å²) in [7, 11) is -3.67. The summed E-state index contributed by atoms with van der Waals surface area (Å²) in [5.74, 6) is 0. The average molecular weight is 95.9 g/mol. The highest BCUT2D eigenvalue weighted by Crippen LogP contribution is 1.73. The molecule has 0 aromatic carbocycles. The molecule has 0 saturated heterocycles. The van der Waals surface area contributed by atoms with E-state index in [0.29, 0.717) is 7.12 Å². The first-order valence-corrected chi connectivity index (χ1v) is 2.69. The summed E-state index contributed by atoms with van der Waals surface area (Å²) < 4.78 is 28.6. The molecule has 5 heavy (non-hydrogen) atoms. The molecule has 0 heterocycles. The van der Waals surface area contributed by atoms with Gasteiger partial charge in [0, 0.05) is 0 Å². The smallest absolute Gasteiger partial charge is 0.210 e. The van der Waals surface area contributed by atoms with Gasteiger partial charge in [0.05, 0.1) is 0 Å². The van der Waals surface area contributed by atoms with Crippen LogP contribution in [0.25, 0.3) is 0 Å². The fourth-order valence-corrected chi connectivity index (χ4v) is 0. The average Bonchev–Trinajstić information content (AvgIpc) is 0.722. The minimum Gasteiger partial charge on any atom is -0.210 e. The zero-order valence-corrected chi connectivity index (χ0v) is 3.42. The van der Waals surface area contributed by atoms with Crippen molar-refractivity contribution in [2.45, 2.75) is 0 Å². The maximum Gasteiger partial charge on any atom is 0.297 e. The van der Waals surface area contributed by atoms with Gasteiger partial charge in [-0.3, -0.25) is 0 Å². The molecular formula is H2BFO2S. The van der Waals surface area contributed by atoms with Crippen molar-refractivity contribution in [2.24, 2.45) is 0 Å². The van der Waals surface area contributed by atoms with E-state index in [0.717, 1.165) is 0 Å². The lowest BCUT2D eigenvalue weighted by atomic mass is 10.8. The summed E-state index contributed by atoms with van der Waals surface area (Å²) in [6.45, 7) is 0. The molecule has 0 N–H and O–H groups in total. The van der Waals surface area contributed by atoms with Crippen LogP contribution in [0.2, 0.25) is 0 Å². The summed E-state index contributed by atoms with van der Waals surface area (Å²) in [4.78, 5) is 0. The van der Waals surface area contributed by atoms with Crippen molar-refractivity contribution in [3.8, 4) is 0 Å². The second-order valence-corrected chi connectivity index (χ2v) is 2.04. The van der Waals surface area contributed by atoms with E-state index in [4.69, 9.17) is 8.42 Å². The van der Waals surface area contributed by atoms with E-state index in [-0.39, 0.29) is 0 Å². The number of rotatable bonds is 0. The van der Waals surface area contributed by atoms with Gasteiger partial charge in [-0.1, -0.05) is 0 Å². The summed E-state index contributed by atoms with van der Waals surface area (Å²) >= 11 is 0. The highest BCUT2D eigenvalue weighted by atomic mass is 32.3. The Morgan fingerprint density at radius 2 is 1.60 bits per heavy atom. The predicted molar refractivity (Wildman–Crippen MR) is 18.6 cm³/mol. The molecule has 0 saturated carbocycles. The molecule has 0 unspecified atom stereocenters. The van der Waals surface area contributed by atoms with Crippen LogP contribution in [0, 0.1) is 0 Å². The van der Waals surface area contributed by atoms with E-state index in [9.17, 15) is 3.89 Å².